The van der Waals surface area contributed by atoms with E-state index in [1.807, 2.05) is 42.5 Å². The van der Waals surface area contributed by atoms with E-state index in [0.29, 0.717) is 35.1 Å². The van der Waals surface area contributed by atoms with Gasteiger partial charge in [-0.25, -0.2) is 9.97 Å². The molecule has 4 rings (SSSR count). The lowest BCUT2D eigenvalue weighted by atomic mass is 10.2. The van der Waals surface area contributed by atoms with Crippen molar-refractivity contribution in [1.82, 2.24) is 14.5 Å². The highest BCUT2D eigenvalue weighted by atomic mass is 35.5. The van der Waals surface area contributed by atoms with Crippen LogP contribution in [0.5, 0.6) is 11.8 Å². The van der Waals surface area contributed by atoms with Crippen molar-refractivity contribution >= 4 is 22.5 Å². The molecule has 0 atom stereocenters. The number of aliphatic hydroxyl groups is 1. The van der Waals surface area contributed by atoms with E-state index in [1.165, 1.54) is 10.8 Å². The van der Waals surface area contributed by atoms with Crippen molar-refractivity contribution in [2.75, 3.05) is 13.2 Å². The first-order chi connectivity index (χ1) is 15.8. The van der Waals surface area contributed by atoms with Crippen molar-refractivity contribution in [3.8, 4) is 17.4 Å². The summed E-state index contributed by atoms with van der Waals surface area (Å²) in [7, 11) is 0. The van der Waals surface area contributed by atoms with Crippen LogP contribution in [0.2, 0.25) is 5.02 Å². The average molecular weight is 466 g/mol. The molecule has 0 aliphatic rings. The zero-order valence-electron chi connectivity index (χ0n) is 18.4. The van der Waals surface area contributed by atoms with Gasteiger partial charge in [-0.05, 0) is 55.8 Å². The monoisotopic (exact) mass is 465 g/mol. The zero-order chi connectivity index (χ0) is 23.4. The minimum Gasteiger partial charge on any atom is -0.475 e. The number of halogens is 1. The van der Waals surface area contributed by atoms with Gasteiger partial charge in [0.15, 0.2) is 0 Å². The summed E-state index contributed by atoms with van der Waals surface area (Å²) in [5, 5.41) is 11.3. The van der Waals surface area contributed by atoms with Gasteiger partial charge in [-0.3, -0.25) is 9.36 Å². The van der Waals surface area contributed by atoms with Gasteiger partial charge in [-0.2, -0.15) is 0 Å². The molecule has 0 fully saturated rings. The fourth-order valence-corrected chi connectivity index (χ4v) is 3.31. The van der Waals surface area contributed by atoms with Crippen LogP contribution < -0.4 is 15.0 Å². The van der Waals surface area contributed by atoms with Gasteiger partial charge < -0.3 is 14.6 Å². The molecule has 2 heterocycles. The van der Waals surface area contributed by atoms with Crippen LogP contribution in [0.4, 0.5) is 0 Å². The summed E-state index contributed by atoms with van der Waals surface area (Å²) in [5.74, 6) is 0.467. The smallest absolute Gasteiger partial charge is 0.317 e. The molecule has 7 nitrogen and oxygen atoms in total. The van der Waals surface area contributed by atoms with E-state index in [9.17, 15) is 9.90 Å². The molecule has 0 spiro atoms. The van der Waals surface area contributed by atoms with E-state index in [1.54, 1.807) is 32.2 Å². The van der Waals surface area contributed by atoms with Crippen molar-refractivity contribution in [2.24, 2.45) is 0 Å². The molecule has 2 aromatic carbocycles. The molecule has 8 heteroatoms. The van der Waals surface area contributed by atoms with Crippen molar-refractivity contribution < 1.29 is 14.6 Å². The number of fused-ring (bicyclic) bond motifs is 1. The number of nitrogens with zero attached hydrogens (tertiary/aromatic N) is 3. The molecular formula is C25H24ClN3O4. The highest BCUT2D eigenvalue weighted by molar-refractivity contribution is 6.30. The first kappa shape index (κ1) is 22.8. The maximum atomic E-state index is 12.9. The first-order valence-electron chi connectivity index (χ1n) is 10.5. The second-order valence-electron chi connectivity index (χ2n) is 8.26. The Morgan fingerprint density at radius 1 is 1.06 bits per heavy atom. The van der Waals surface area contributed by atoms with Gasteiger partial charge >= 0.3 is 5.56 Å². The predicted molar refractivity (Wildman–Crippen MR) is 128 cm³/mol. The maximum Gasteiger partial charge on any atom is 0.317 e. The fraction of sp³-hybridized carbons (Fsp3) is 0.240. The van der Waals surface area contributed by atoms with Gasteiger partial charge in [0.05, 0.1) is 17.7 Å². The van der Waals surface area contributed by atoms with E-state index in [4.69, 9.17) is 21.1 Å². The van der Waals surface area contributed by atoms with Crippen molar-refractivity contribution in [2.45, 2.75) is 25.9 Å². The highest BCUT2D eigenvalue weighted by Gasteiger charge is 2.14. The van der Waals surface area contributed by atoms with Crippen LogP contribution in [-0.4, -0.2) is 38.5 Å². The van der Waals surface area contributed by atoms with Gasteiger partial charge in [0.2, 0.25) is 5.88 Å². The molecule has 0 saturated heterocycles. The van der Waals surface area contributed by atoms with Gasteiger partial charge in [-0.1, -0.05) is 23.7 Å². The van der Waals surface area contributed by atoms with Crippen molar-refractivity contribution in [1.29, 1.82) is 0 Å². The molecule has 1 N–H and O–H groups in total. The molecular weight excluding hydrogens is 442 g/mol. The molecule has 2 aromatic heterocycles. The second-order valence-corrected chi connectivity index (χ2v) is 8.70. The number of aromatic nitrogens is 3. The topological polar surface area (TPSA) is 86.5 Å². The van der Waals surface area contributed by atoms with Crippen LogP contribution in [-0.2, 0) is 6.42 Å². The Hall–Kier alpha value is -3.42. The summed E-state index contributed by atoms with van der Waals surface area (Å²) in [6.07, 6.45) is 3.77. The summed E-state index contributed by atoms with van der Waals surface area (Å²) >= 11 is 5.91. The summed E-state index contributed by atoms with van der Waals surface area (Å²) in [5.41, 5.74) is 1.16. The molecule has 0 unspecified atom stereocenters. The lowest BCUT2D eigenvalue weighted by Gasteiger charge is -2.17. The highest BCUT2D eigenvalue weighted by Crippen LogP contribution is 2.20. The third kappa shape index (κ3) is 5.88. The molecule has 4 aromatic rings. The van der Waals surface area contributed by atoms with Crippen molar-refractivity contribution in [3.05, 3.63) is 87.9 Å². The predicted octanol–water partition coefficient (Wildman–Crippen LogP) is 4.21. The fourth-order valence-electron chi connectivity index (χ4n) is 3.19. The van der Waals surface area contributed by atoms with E-state index in [0.717, 1.165) is 10.9 Å². The minimum absolute atomic E-state index is 0.0417. The summed E-state index contributed by atoms with van der Waals surface area (Å²) in [4.78, 5) is 21.5. The van der Waals surface area contributed by atoms with E-state index < -0.39 is 5.60 Å². The Balaban J connectivity index is 1.50. The van der Waals surface area contributed by atoms with Crippen LogP contribution in [0, 0.1) is 0 Å². The maximum absolute atomic E-state index is 12.9. The molecule has 0 aliphatic carbocycles. The van der Waals surface area contributed by atoms with Crippen LogP contribution in [0.3, 0.4) is 0 Å². The third-order valence-electron chi connectivity index (χ3n) is 4.85. The van der Waals surface area contributed by atoms with Crippen molar-refractivity contribution in [3.63, 3.8) is 0 Å². The molecule has 0 saturated carbocycles. The average Bonchev–Trinajstić information content (AvgIpc) is 2.79. The number of hydrogen-bond acceptors (Lipinski definition) is 6. The van der Waals surface area contributed by atoms with Crippen LogP contribution in [0.15, 0.2) is 71.8 Å². The molecule has 0 amide bonds. The second kappa shape index (κ2) is 9.60. The van der Waals surface area contributed by atoms with Gasteiger partial charge in [-0.15, -0.1) is 0 Å². The normalized spacial score (nSPS) is 11.5. The molecule has 33 heavy (non-hydrogen) atoms. The lowest BCUT2D eigenvalue weighted by molar-refractivity contribution is 0.0269. The van der Waals surface area contributed by atoms with Crippen LogP contribution >= 0.6 is 11.6 Å². The first-order valence-corrected chi connectivity index (χ1v) is 10.9. The van der Waals surface area contributed by atoms with Gasteiger partial charge in [0.1, 0.15) is 6.61 Å². The van der Waals surface area contributed by atoms with Crippen LogP contribution in [0.1, 0.15) is 19.4 Å². The molecule has 0 bridgehead atoms. The third-order valence-corrected chi connectivity index (χ3v) is 5.10. The Kier molecular flexibility index (Phi) is 6.62. The summed E-state index contributed by atoms with van der Waals surface area (Å²) in [6, 6.07) is 16.6. The van der Waals surface area contributed by atoms with E-state index in [-0.39, 0.29) is 18.0 Å². The van der Waals surface area contributed by atoms with Gasteiger partial charge in [0, 0.05) is 41.0 Å². The number of rotatable bonds is 8. The molecule has 0 radical (unpaired) electrons. The molecule has 170 valence electrons. The van der Waals surface area contributed by atoms with E-state index >= 15 is 0 Å². The Bertz CT molecular complexity index is 1310. The largest absolute Gasteiger partial charge is 0.475 e. The SMILES string of the molecule is CC(C)(O)COc1ccc2cc(-n3ccnc(OCCc4ccc(Cl)cc4)c3=O)ccc2n1. The zero-order valence-corrected chi connectivity index (χ0v) is 19.1. The van der Waals surface area contributed by atoms with Gasteiger partial charge in [0.25, 0.3) is 5.88 Å². The quantitative estimate of drug-likeness (QED) is 0.419. The summed E-state index contributed by atoms with van der Waals surface area (Å²) in [6.45, 7) is 3.80. The van der Waals surface area contributed by atoms with Crippen LogP contribution in [0.25, 0.3) is 16.6 Å². The Morgan fingerprint density at radius 2 is 1.85 bits per heavy atom. The standard InChI is InChI=1S/C25H24ClN3O4/c1-25(2,31)16-33-22-10-5-18-15-20(8-9-21(18)28-22)29-13-12-27-23(24(29)30)32-14-11-17-3-6-19(26)7-4-17/h3-10,12-13,15,31H,11,14,16H2,1-2H3. The molecule has 0 aliphatic heterocycles. The number of ether oxygens (including phenoxy) is 2. The number of benzene rings is 2. The number of pyridine rings is 1. The minimum atomic E-state index is -0.947. The van der Waals surface area contributed by atoms with E-state index in [2.05, 4.69) is 9.97 Å². The summed E-state index contributed by atoms with van der Waals surface area (Å²) < 4.78 is 12.7. The Morgan fingerprint density at radius 3 is 2.61 bits per heavy atom. The lowest BCUT2D eigenvalue weighted by Crippen LogP contribution is -2.28. The number of hydrogen-bond donors (Lipinski definition) is 1. The Labute approximate surface area is 196 Å².